The molecule has 0 bridgehead atoms. The molecule has 0 aliphatic carbocycles. The topological polar surface area (TPSA) is 17.1 Å². The first-order valence-electron chi connectivity index (χ1n) is 7.09. The molecule has 0 fully saturated rings. The van der Waals surface area contributed by atoms with Crippen LogP contribution in [-0.2, 0) is 0 Å². The van der Waals surface area contributed by atoms with Crippen LogP contribution in [0.4, 0.5) is 0 Å². The molecule has 3 aromatic rings. The van der Waals surface area contributed by atoms with Crippen LogP contribution in [0.5, 0.6) is 0 Å². The first kappa shape index (κ1) is 13.9. The third-order valence-corrected chi connectivity index (χ3v) is 3.42. The van der Waals surface area contributed by atoms with E-state index in [1.165, 1.54) is 0 Å². The predicted molar refractivity (Wildman–Crippen MR) is 89.7 cm³/mol. The Labute approximate surface area is 130 Å². The van der Waals surface area contributed by atoms with Gasteiger partial charge in [0.25, 0.3) is 0 Å². The van der Waals surface area contributed by atoms with E-state index < -0.39 is 0 Å². The summed E-state index contributed by atoms with van der Waals surface area (Å²) >= 11 is 0. The number of carbonyl (C=O) groups is 1. The van der Waals surface area contributed by atoms with Crippen molar-refractivity contribution in [2.45, 2.75) is 0 Å². The van der Waals surface area contributed by atoms with Crippen LogP contribution in [-0.4, -0.2) is 6.29 Å². The fraction of sp³-hybridized carbons (Fsp3) is 0. The van der Waals surface area contributed by atoms with E-state index in [0.717, 1.165) is 28.5 Å². The highest BCUT2D eigenvalue weighted by molar-refractivity contribution is 5.89. The molecule has 1 heteroatoms. The molecular formula is C21H14O. The minimum atomic E-state index is 0.677. The van der Waals surface area contributed by atoms with Gasteiger partial charge in [-0.05, 0) is 29.3 Å². The van der Waals surface area contributed by atoms with Gasteiger partial charge < -0.3 is 0 Å². The number of hydrogen-bond donors (Lipinski definition) is 0. The van der Waals surface area contributed by atoms with Gasteiger partial charge in [-0.3, -0.25) is 4.79 Å². The van der Waals surface area contributed by atoms with Crippen LogP contribution >= 0.6 is 0 Å². The lowest BCUT2D eigenvalue weighted by atomic mass is 9.96. The highest BCUT2D eigenvalue weighted by Crippen LogP contribution is 2.25. The molecule has 0 radical (unpaired) electrons. The summed E-state index contributed by atoms with van der Waals surface area (Å²) in [6.45, 7) is 0. The Morgan fingerprint density at radius 2 is 1.27 bits per heavy atom. The van der Waals surface area contributed by atoms with Crippen molar-refractivity contribution in [1.82, 2.24) is 0 Å². The summed E-state index contributed by atoms with van der Waals surface area (Å²) in [5, 5.41) is 0. The highest BCUT2D eigenvalue weighted by Gasteiger charge is 2.06. The second-order valence-electron chi connectivity index (χ2n) is 4.87. The summed E-state index contributed by atoms with van der Waals surface area (Å²) in [5.74, 6) is 6.38. The largest absolute Gasteiger partial charge is 0.298 e. The summed E-state index contributed by atoms with van der Waals surface area (Å²) in [6.07, 6.45) is 0.886. The third kappa shape index (κ3) is 2.97. The summed E-state index contributed by atoms with van der Waals surface area (Å²) < 4.78 is 0. The van der Waals surface area contributed by atoms with Gasteiger partial charge in [0, 0.05) is 16.7 Å². The fourth-order valence-corrected chi connectivity index (χ4v) is 2.33. The number of benzene rings is 3. The van der Waals surface area contributed by atoms with Crippen LogP contribution in [0.3, 0.4) is 0 Å². The maximum absolute atomic E-state index is 11.3. The molecule has 0 heterocycles. The Hall–Kier alpha value is -3.11. The van der Waals surface area contributed by atoms with Gasteiger partial charge in [-0.25, -0.2) is 0 Å². The standard InChI is InChI=1S/C21H14O/c22-16-19-11-5-7-13-21(19)20-12-6-4-10-18(20)15-14-17-8-2-1-3-9-17/h1-13,16H. The van der Waals surface area contributed by atoms with E-state index in [1.807, 2.05) is 78.9 Å². The minimum Gasteiger partial charge on any atom is -0.298 e. The van der Waals surface area contributed by atoms with Gasteiger partial charge in [0.05, 0.1) is 0 Å². The van der Waals surface area contributed by atoms with Crippen molar-refractivity contribution in [2.75, 3.05) is 0 Å². The molecule has 0 spiro atoms. The second-order valence-corrected chi connectivity index (χ2v) is 4.87. The van der Waals surface area contributed by atoms with E-state index in [4.69, 9.17) is 0 Å². The summed E-state index contributed by atoms with van der Waals surface area (Å²) in [7, 11) is 0. The number of rotatable bonds is 2. The molecular weight excluding hydrogens is 268 g/mol. The molecule has 0 aliphatic heterocycles. The SMILES string of the molecule is O=Cc1ccccc1-c1ccccc1C#Cc1ccccc1. The van der Waals surface area contributed by atoms with Crippen LogP contribution in [0.2, 0.25) is 0 Å². The van der Waals surface area contributed by atoms with Crippen molar-refractivity contribution in [3.63, 3.8) is 0 Å². The summed E-state index contributed by atoms with van der Waals surface area (Å²) in [4.78, 5) is 11.3. The molecule has 0 saturated carbocycles. The number of hydrogen-bond acceptors (Lipinski definition) is 1. The molecule has 0 amide bonds. The third-order valence-electron chi connectivity index (χ3n) is 3.42. The average Bonchev–Trinajstić information content (AvgIpc) is 2.61. The smallest absolute Gasteiger partial charge is 0.150 e. The Morgan fingerprint density at radius 3 is 2.05 bits per heavy atom. The van der Waals surface area contributed by atoms with Crippen molar-refractivity contribution in [2.24, 2.45) is 0 Å². The second kappa shape index (κ2) is 6.56. The van der Waals surface area contributed by atoms with Gasteiger partial charge >= 0.3 is 0 Å². The van der Waals surface area contributed by atoms with Crippen LogP contribution in [0, 0.1) is 11.8 Å². The van der Waals surface area contributed by atoms with Gasteiger partial charge in [-0.1, -0.05) is 72.5 Å². The monoisotopic (exact) mass is 282 g/mol. The first-order valence-corrected chi connectivity index (χ1v) is 7.09. The average molecular weight is 282 g/mol. The molecule has 1 nitrogen and oxygen atoms in total. The van der Waals surface area contributed by atoms with Crippen LogP contribution in [0.1, 0.15) is 21.5 Å². The zero-order valence-corrected chi connectivity index (χ0v) is 12.0. The Kier molecular flexibility index (Phi) is 4.13. The maximum atomic E-state index is 11.3. The summed E-state index contributed by atoms with van der Waals surface area (Å²) in [6, 6.07) is 25.3. The molecule has 0 atom stereocenters. The molecule has 104 valence electrons. The van der Waals surface area contributed by atoms with Gasteiger partial charge in [0.2, 0.25) is 0 Å². The Morgan fingerprint density at radius 1 is 0.636 bits per heavy atom. The quantitative estimate of drug-likeness (QED) is 0.497. The zero-order chi connectivity index (χ0) is 15.2. The number of aldehydes is 1. The van der Waals surface area contributed by atoms with Crippen molar-refractivity contribution in [3.8, 4) is 23.0 Å². The van der Waals surface area contributed by atoms with Crippen molar-refractivity contribution in [1.29, 1.82) is 0 Å². The van der Waals surface area contributed by atoms with Gasteiger partial charge in [-0.2, -0.15) is 0 Å². The Balaban J connectivity index is 2.08. The predicted octanol–water partition coefficient (Wildman–Crippen LogP) is 4.57. The van der Waals surface area contributed by atoms with Crippen molar-refractivity contribution < 1.29 is 4.79 Å². The molecule has 3 rings (SSSR count). The first-order chi connectivity index (χ1) is 10.9. The van der Waals surface area contributed by atoms with Crippen LogP contribution in [0.25, 0.3) is 11.1 Å². The Bertz CT molecular complexity index is 852. The van der Waals surface area contributed by atoms with E-state index in [9.17, 15) is 4.79 Å². The van der Waals surface area contributed by atoms with Gasteiger partial charge in [0.15, 0.2) is 6.29 Å². The van der Waals surface area contributed by atoms with E-state index in [-0.39, 0.29) is 0 Å². The van der Waals surface area contributed by atoms with Gasteiger partial charge in [-0.15, -0.1) is 0 Å². The zero-order valence-electron chi connectivity index (χ0n) is 12.0. The molecule has 3 aromatic carbocycles. The van der Waals surface area contributed by atoms with E-state index >= 15 is 0 Å². The number of carbonyl (C=O) groups excluding carboxylic acids is 1. The van der Waals surface area contributed by atoms with Gasteiger partial charge in [0.1, 0.15) is 0 Å². The lowest BCUT2D eigenvalue weighted by Gasteiger charge is -2.07. The molecule has 0 saturated heterocycles. The molecule has 0 unspecified atom stereocenters. The molecule has 0 aromatic heterocycles. The fourth-order valence-electron chi connectivity index (χ4n) is 2.33. The normalized spacial score (nSPS) is 9.64. The van der Waals surface area contributed by atoms with E-state index in [2.05, 4.69) is 11.8 Å². The van der Waals surface area contributed by atoms with Crippen LogP contribution < -0.4 is 0 Å². The molecule has 0 aliphatic rings. The lowest BCUT2D eigenvalue weighted by molar-refractivity contribution is 0.112. The summed E-state index contributed by atoms with van der Waals surface area (Å²) in [5.41, 5.74) is 4.46. The van der Waals surface area contributed by atoms with Crippen molar-refractivity contribution >= 4 is 6.29 Å². The highest BCUT2D eigenvalue weighted by atomic mass is 16.1. The van der Waals surface area contributed by atoms with E-state index in [0.29, 0.717) is 5.56 Å². The van der Waals surface area contributed by atoms with Crippen LogP contribution in [0.15, 0.2) is 78.9 Å². The lowest BCUT2D eigenvalue weighted by Crippen LogP contribution is -1.90. The maximum Gasteiger partial charge on any atom is 0.150 e. The van der Waals surface area contributed by atoms with E-state index in [1.54, 1.807) is 0 Å². The molecule has 0 N–H and O–H groups in total. The van der Waals surface area contributed by atoms with Crippen molar-refractivity contribution in [3.05, 3.63) is 95.6 Å². The minimum absolute atomic E-state index is 0.677. The molecule has 22 heavy (non-hydrogen) atoms.